The SMILES string of the molecule is CC1=NNC(=O)N(NS(=O)(=O)c2ccc3c(c2)OCCO3)C1. The van der Waals surface area contributed by atoms with Gasteiger partial charge in [-0.15, -0.1) is 4.83 Å². The first-order valence-electron chi connectivity index (χ1n) is 6.48. The van der Waals surface area contributed by atoms with Gasteiger partial charge in [0.05, 0.1) is 17.2 Å². The van der Waals surface area contributed by atoms with Crippen molar-refractivity contribution in [2.75, 3.05) is 19.8 Å². The van der Waals surface area contributed by atoms with Crippen molar-refractivity contribution in [3.8, 4) is 11.5 Å². The Bertz CT molecular complexity index is 746. The highest BCUT2D eigenvalue weighted by Gasteiger charge is 2.26. The second-order valence-corrected chi connectivity index (χ2v) is 6.41. The van der Waals surface area contributed by atoms with Crippen molar-refractivity contribution in [2.45, 2.75) is 11.8 Å². The van der Waals surface area contributed by atoms with E-state index < -0.39 is 16.1 Å². The summed E-state index contributed by atoms with van der Waals surface area (Å²) < 4.78 is 35.4. The zero-order valence-corrected chi connectivity index (χ0v) is 12.5. The summed E-state index contributed by atoms with van der Waals surface area (Å²) in [4.78, 5) is 13.8. The highest BCUT2D eigenvalue weighted by Crippen LogP contribution is 2.32. The molecule has 1 aromatic carbocycles. The van der Waals surface area contributed by atoms with Gasteiger partial charge in [0, 0.05) is 6.07 Å². The van der Waals surface area contributed by atoms with E-state index in [9.17, 15) is 13.2 Å². The van der Waals surface area contributed by atoms with E-state index >= 15 is 0 Å². The van der Waals surface area contributed by atoms with Crippen molar-refractivity contribution in [1.29, 1.82) is 0 Å². The number of carbonyl (C=O) groups is 1. The Morgan fingerprint density at radius 1 is 1.27 bits per heavy atom. The number of nitrogens with zero attached hydrogens (tertiary/aromatic N) is 2. The summed E-state index contributed by atoms with van der Waals surface area (Å²) in [5, 5.41) is 4.66. The topological polar surface area (TPSA) is 109 Å². The minimum atomic E-state index is -3.93. The van der Waals surface area contributed by atoms with Crippen molar-refractivity contribution in [3.05, 3.63) is 18.2 Å². The maximum absolute atomic E-state index is 12.4. The van der Waals surface area contributed by atoms with Crippen LogP contribution in [0.4, 0.5) is 4.79 Å². The largest absolute Gasteiger partial charge is 0.486 e. The molecule has 2 amide bonds. The molecular weight excluding hydrogens is 312 g/mol. The van der Waals surface area contributed by atoms with Crippen LogP contribution >= 0.6 is 0 Å². The monoisotopic (exact) mass is 326 g/mol. The van der Waals surface area contributed by atoms with Crippen LogP contribution in [0.1, 0.15) is 6.92 Å². The molecule has 10 heteroatoms. The van der Waals surface area contributed by atoms with Crippen LogP contribution in [0, 0.1) is 0 Å². The number of urea groups is 1. The van der Waals surface area contributed by atoms with E-state index in [0.717, 1.165) is 5.01 Å². The Balaban J connectivity index is 1.84. The third kappa shape index (κ3) is 2.83. The van der Waals surface area contributed by atoms with Gasteiger partial charge in [-0.2, -0.15) is 5.10 Å². The minimum Gasteiger partial charge on any atom is -0.486 e. The van der Waals surface area contributed by atoms with Crippen LogP contribution in [0.5, 0.6) is 11.5 Å². The molecule has 22 heavy (non-hydrogen) atoms. The molecule has 0 unspecified atom stereocenters. The van der Waals surface area contributed by atoms with Gasteiger partial charge in [-0.25, -0.2) is 23.6 Å². The molecule has 0 atom stereocenters. The van der Waals surface area contributed by atoms with Crippen LogP contribution in [0.3, 0.4) is 0 Å². The van der Waals surface area contributed by atoms with E-state index in [1.165, 1.54) is 18.2 Å². The minimum absolute atomic E-state index is 0.0234. The lowest BCUT2D eigenvalue weighted by molar-refractivity contribution is 0.171. The van der Waals surface area contributed by atoms with Crippen LogP contribution in [0.15, 0.2) is 28.2 Å². The zero-order valence-electron chi connectivity index (χ0n) is 11.7. The van der Waals surface area contributed by atoms with E-state index in [0.29, 0.717) is 30.4 Å². The summed E-state index contributed by atoms with van der Waals surface area (Å²) >= 11 is 0. The molecule has 0 saturated heterocycles. The van der Waals surface area contributed by atoms with Crippen LogP contribution < -0.4 is 19.7 Å². The van der Waals surface area contributed by atoms with Crippen molar-refractivity contribution in [2.24, 2.45) is 5.10 Å². The molecular formula is C12H14N4O5S. The first kappa shape index (κ1) is 14.6. The van der Waals surface area contributed by atoms with Gasteiger partial charge in [-0.05, 0) is 19.1 Å². The molecule has 2 N–H and O–H groups in total. The zero-order chi connectivity index (χ0) is 15.7. The predicted octanol–water partition coefficient (Wildman–Crippen LogP) is 0.0522. The van der Waals surface area contributed by atoms with E-state index in [-0.39, 0.29) is 11.4 Å². The first-order valence-corrected chi connectivity index (χ1v) is 7.97. The smallest absolute Gasteiger partial charge is 0.353 e. The molecule has 2 aliphatic heterocycles. The second-order valence-electron chi connectivity index (χ2n) is 4.75. The maximum Gasteiger partial charge on any atom is 0.353 e. The molecule has 0 bridgehead atoms. The fourth-order valence-electron chi connectivity index (χ4n) is 2.00. The molecule has 0 radical (unpaired) electrons. The first-order chi connectivity index (χ1) is 10.5. The second kappa shape index (κ2) is 5.46. The summed E-state index contributed by atoms with van der Waals surface area (Å²) in [6, 6.07) is 3.62. The fraction of sp³-hybridized carbons (Fsp3) is 0.333. The molecule has 1 aromatic rings. The molecule has 2 aliphatic rings. The van der Waals surface area contributed by atoms with Crippen molar-refractivity contribution in [1.82, 2.24) is 15.3 Å². The average molecular weight is 326 g/mol. The van der Waals surface area contributed by atoms with Crippen molar-refractivity contribution in [3.63, 3.8) is 0 Å². The number of nitrogens with one attached hydrogen (secondary N) is 2. The number of fused-ring (bicyclic) bond motifs is 1. The van der Waals surface area contributed by atoms with Crippen LogP contribution in [0.25, 0.3) is 0 Å². The Morgan fingerprint density at radius 2 is 2.00 bits per heavy atom. The summed E-state index contributed by atoms with van der Waals surface area (Å²) in [7, 11) is -3.93. The number of ether oxygens (including phenoxy) is 2. The third-order valence-electron chi connectivity index (χ3n) is 3.03. The molecule has 3 rings (SSSR count). The Morgan fingerprint density at radius 3 is 2.77 bits per heavy atom. The highest BCUT2D eigenvalue weighted by molar-refractivity contribution is 7.89. The number of amides is 2. The number of carbonyl (C=O) groups excluding carboxylic acids is 1. The number of hydrogen-bond acceptors (Lipinski definition) is 6. The standard InChI is InChI=1S/C12H14N4O5S/c1-8-7-16(12(17)14-13-8)15-22(18,19)9-2-3-10-11(6-9)21-5-4-20-10/h2-3,6,15H,4-5,7H2,1H3,(H,14,17). The Labute approximate surface area is 126 Å². The Kier molecular flexibility index (Phi) is 3.62. The van der Waals surface area contributed by atoms with Gasteiger partial charge < -0.3 is 9.47 Å². The van der Waals surface area contributed by atoms with E-state index in [1.807, 2.05) is 0 Å². The number of rotatable bonds is 3. The molecule has 0 spiro atoms. The van der Waals surface area contributed by atoms with Crippen LogP contribution in [-0.2, 0) is 10.0 Å². The molecule has 118 valence electrons. The average Bonchev–Trinajstić information content (AvgIpc) is 2.50. The number of hydrogen-bond donors (Lipinski definition) is 2. The van der Waals surface area contributed by atoms with Gasteiger partial charge in [0.2, 0.25) is 0 Å². The summed E-state index contributed by atoms with van der Waals surface area (Å²) in [6.07, 6.45) is 0. The number of benzene rings is 1. The normalized spacial score (nSPS) is 17.8. The van der Waals surface area contributed by atoms with Crippen molar-refractivity contribution >= 4 is 21.8 Å². The lowest BCUT2D eigenvalue weighted by atomic mass is 10.3. The fourth-order valence-corrected chi connectivity index (χ4v) is 3.05. The predicted molar refractivity (Wildman–Crippen MR) is 76.1 cm³/mol. The molecule has 0 aromatic heterocycles. The number of hydrazine groups is 1. The van der Waals surface area contributed by atoms with E-state index in [1.54, 1.807) is 6.92 Å². The summed E-state index contributed by atoms with van der Waals surface area (Å²) in [6.45, 7) is 2.51. The maximum atomic E-state index is 12.4. The Hall–Kier alpha value is -2.33. The van der Waals surface area contributed by atoms with Crippen LogP contribution in [0.2, 0.25) is 0 Å². The summed E-state index contributed by atoms with van der Waals surface area (Å²) in [5.74, 6) is 0.846. The van der Waals surface area contributed by atoms with Gasteiger partial charge >= 0.3 is 6.03 Å². The van der Waals surface area contributed by atoms with Crippen LogP contribution in [-0.4, -0.2) is 44.9 Å². The molecule has 9 nitrogen and oxygen atoms in total. The molecule has 0 fully saturated rings. The molecule has 2 heterocycles. The van der Waals surface area contributed by atoms with E-state index in [2.05, 4.69) is 15.4 Å². The number of hydrazone groups is 1. The van der Waals surface area contributed by atoms with Gasteiger partial charge in [-0.3, -0.25) is 0 Å². The highest BCUT2D eigenvalue weighted by atomic mass is 32.2. The van der Waals surface area contributed by atoms with E-state index in [4.69, 9.17) is 9.47 Å². The van der Waals surface area contributed by atoms with Gasteiger partial charge in [0.25, 0.3) is 10.0 Å². The van der Waals surface area contributed by atoms with Gasteiger partial charge in [-0.1, -0.05) is 0 Å². The quantitative estimate of drug-likeness (QED) is 0.816. The number of sulfonamides is 1. The third-order valence-corrected chi connectivity index (χ3v) is 4.36. The summed E-state index contributed by atoms with van der Waals surface area (Å²) in [5.41, 5.74) is 2.78. The lowest BCUT2D eigenvalue weighted by Crippen LogP contribution is -2.54. The molecule has 0 aliphatic carbocycles. The van der Waals surface area contributed by atoms with Gasteiger partial charge in [0.15, 0.2) is 11.5 Å². The van der Waals surface area contributed by atoms with Crippen molar-refractivity contribution < 1.29 is 22.7 Å². The molecule has 0 saturated carbocycles. The van der Waals surface area contributed by atoms with Gasteiger partial charge in [0.1, 0.15) is 13.2 Å². The lowest BCUT2D eigenvalue weighted by Gasteiger charge is -2.25.